The molecule has 0 saturated carbocycles. The summed E-state index contributed by atoms with van der Waals surface area (Å²) in [5, 5.41) is 3.64. The molecule has 39 heavy (non-hydrogen) atoms. The number of halogens is 1. The van der Waals surface area contributed by atoms with Crippen LogP contribution in [0.15, 0.2) is 77.5 Å². The fraction of sp³-hybridized carbons (Fsp3) is 0.250. The number of dihydropyridines is 1. The van der Waals surface area contributed by atoms with Gasteiger partial charge in [-0.2, -0.15) is 0 Å². The van der Waals surface area contributed by atoms with Gasteiger partial charge in [-0.05, 0) is 51.0 Å². The van der Waals surface area contributed by atoms with E-state index >= 15 is 0 Å². The summed E-state index contributed by atoms with van der Waals surface area (Å²) in [4.78, 5) is 27.0. The summed E-state index contributed by atoms with van der Waals surface area (Å²) in [6, 6.07) is 19.0. The number of esters is 1. The van der Waals surface area contributed by atoms with E-state index in [0.717, 1.165) is 16.7 Å². The van der Waals surface area contributed by atoms with Crippen molar-refractivity contribution in [3.8, 4) is 11.5 Å². The minimum Gasteiger partial charge on any atom is -0.490 e. The zero-order valence-electron chi connectivity index (χ0n) is 22.4. The molecule has 1 heterocycles. The maximum absolute atomic E-state index is 13.7. The molecule has 7 heteroatoms. The maximum Gasteiger partial charge on any atom is 0.336 e. The van der Waals surface area contributed by atoms with Gasteiger partial charge in [0, 0.05) is 28.3 Å². The lowest BCUT2D eigenvalue weighted by atomic mass is 9.79. The van der Waals surface area contributed by atoms with Crippen molar-refractivity contribution in [1.29, 1.82) is 0 Å². The quantitative estimate of drug-likeness (QED) is 0.316. The Balaban J connectivity index is 1.61. The monoisotopic (exact) mass is 543 g/mol. The first-order valence-electron chi connectivity index (χ1n) is 13.0. The Morgan fingerprint density at radius 3 is 2.36 bits per heavy atom. The van der Waals surface area contributed by atoms with Crippen LogP contribution in [0.3, 0.4) is 0 Å². The van der Waals surface area contributed by atoms with Crippen molar-refractivity contribution in [1.82, 2.24) is 5.32 Å². The lowest BCUT2D eigenvalue weighted by Gasteiger charge is -2.30. The van der Waals surface area contributed by atoms with Gasteiger partial charge in [-0.15, -0.1) is 0 Å². The van der Waals surface area contributed by atoms with Gasteiger partial charge in [0.25, 0.3) is 0 Å². The van der Waals surface area contributed by atoms with Crippen molar-refractivity contribution in [2.75, 3.05) is 13.2 Å². The molecule has 0 bridgehead atoms. The van der Waals surface area contributed by atoms with E-state index < -0.39 is 11.9 Å². The molecule has 1 aliphatic heterocycles. The number of aryl methyl sites for hydroxylation is 1. The molecule has 6 nitrogen and oxygen atoms in total. The number of nitrogens with one attached hydrogen (secondary N) is 1. The van der Waals surface area contributed by atoms with Gasteiger partial charge in [0.15, 0.2) is 17.3 Å². The summed E-state index contributed by atoms with van der Waals surface area (Å²) in [6.45, 7) is 8.38. The van der Waals surface area contributed by atoms with Crippen LogP contribution in [0.5, 0.6) is 11.5 Å². The molecular weight excluding hydrogens is 514 g/mol. The van der Waals surface area contributed by atoms with Gasteiger partial charge in [0.1, 0.15) is 6.61 Å². The van der Waals surface area contributed by atoms with E-state index in [1.165, 1.54) is 0 Å². The van der Waals surface area contributed by atoms with E-state index in [4.69, 9.17) is 25.8 Å². The molecule has 0 radical (unpaired) electrons. The molecule has 200 valence electrons. The van der Waals surface area contributed by atoms with Crippen LogP contribution in [0.1, 0.15) is 59.3 Å². The van der Waals surface area contributed by atoms with Crippen LogP contribution < -0.4 is 14.8 Å². The highest BCUT2D eigenvalue weighted by Crippen LogP contribution is 2.49. The molecule has 1 aliphatic carbocycles. The molecule has 1 N–H and O–H groups in total. The number of ketones is 1. The molecule has 3 aromatic rings. The normalized spacial score (nSPS) is 16.0. The van der Waals surface area contributed by atoms with Crippen molar-refractivity contribution in [3.63, 3.8) is 0 Å². The van der Waals surface area contributed by atoms with Crippen molar-refractivity contribution in [3.05, 3.63) is 110 Å². The van der Waals surface area contributed by atoms with Gasteiger partial charge in [-0.3, -0.25) is 4.79 Å². The first-order chi connectivity index (χ1) is 18.8. The zero-order valence-corrected chi connectivity index (χ0v) is 23.1. The third-order valence-corrected chi connectivity index (χ3v) is 7.19. The number of ether oxygens (including phenoxy) is 3. The SMILES string of the molecule is CCOC(=O)C1=C(C)NC2=C(C(=O)c3ccccc32)[C@H]1c1cc(Cl)c(OCc2ccc(C)cc2)c(OCC)c1. The third kappa shape index (κ3) is 4.92. The number of carbonyl (C=O) groups excluding carboxylic acids is 2. The van der Waals surface area contributed by atoms with Gasteiger partial charge < -0.3 is 19.5 Å². The summed E-state index contributed by atoms with van der Waals surface area (Å²) in [6.07, 6.45) is 0. The number of benzene rings is 3. The Labute approximate surface area is 233 Å². The number of hydrogen-bond acceptors (Lipinski definition) is 6. The Morgan fingerprint density at radius 2 is 1.67 bits per heavy atom. The van der Waals surface area contributed by atoms with E-state index in [-0.39, 0.29) is 12.4 Å². The zero-order chi connectivity index (χ0) is 27.7. The molecule has 2 aliphatic rings. The predicted molar refractivity (Wildman–Crippen MR) is 151 cm³/mol. The van der Waals surface area contributed by atoms with Crippen molar-refractivity contribution < 1.29 is 23.8 Å². The van der Waals surface area contributed by atoms with Crippen LogP contribution in [-0.2, 0) is 16.1 Å². The lowest BCUT2D eigenvalue weighted by molar-refractivity contribution is -0.138. The van der Waals surface area contributed by atoms with Crippen LogP contribution >= 0.6 is 11.6 Å². The Morgan fingerprint density at radius 1 is 0.949 bits per heavy atom. The van der Waals surface area contributed by atoms with Crippen LogP contribution in [-0.4, -0.2) is 25.0 Å². The second kappa shape index (κ2) is 11.0. The molecule has 0 saturated heterocycles. The summed E-state index contributed by atoms with van der Waals surface area (Å²) >= 11 is 6.82. The van der Waals surface area contributed by atoms with E-state index in [9.17, 15) is 9.59 Å². The topological polar surface area (TPSA) is 73.9 Å². The highest BCUT2D eigenvalue weighted by molar-refractivity contribution is 6.32. The molecule has 0 spiro atoms. The minimum absolute atomic E-state index is 0.138. The second-order valence-electron chi connectivity index (χ2n) is 9.52. The van der Waals surface area contributed by atoms with Gasteiger partial charge in [0.05, 0.1) is 29.5 Å². The number of hydrogen-bond donors (Lipinski definition) is 1. The number of carbonyl (C=O) groups is 2. The standard InChI is InChI=1S/C32H30ClNO5/c1-5-37-25-16-21(15-24(33)31(25)39-17-20-13-11-18(3)12-14-20)27-26(32(36)38-6-2)19(4)34-29-22-9-7-8-10-23(22)30(35)28(27)29/h7-16,27,34H,5-6,17H2,1-4H3/t27-/m0/s1. The van der Waals surface area contributed by atoms with E-state index in [1.807, 2.05) is 69.3 Å². The number of allylic oxidation sites excluding steroid dienone is 2. The van der Waals surface area contributed by atoms with Gasteiger partial charge in [-0.25, -0.2) is 4.79 Å². The van der Waals surface area contributed by atoms with Crippen molar-refractivity contribution >= 4 is 29.1 Å². The van der Waals surface area contributed by atoms with Crippen LogP contribution in [0, 0.1) is 6.92 Å². The Kier molecular flexibility index (Phi) is 7.49. The number of Topliss-reactive ketones (excluding diaryl/α,β-unsaturated/α-hetero) is 1. The molecule has 5 rings (SSSR count). The van der Waals surface area contributed by atoms with Crippen LogP contribution in [0.2, 0.25) is 5.02 Å². The van der Waals surface area contributed by atoms with Crippen LogP contribution in [0.25, 0.3) is 5.70 Å². The first kappa shape index (κ1) is 26.6. The summed E-state index contributed by atoms with van der Waals surface area (Å²) in [5.74, 6) is -0.483. The average Bonchev–Trinajstić information content (AvgIpc) is 3.20. The fourth-order valence-electron chi connectivity index (χ4n) is 5.14. The summed E-state index contributed by atoms with van der Waals surface area (Å²) in [5.41, 5.74) is 6.36. The molecular formula is C32H30ClNO5. The summed E-state index contributed by atoms with van der Waals surface area (Å²) < 4.78 is 17.5. The predicted octanol–water partition coefficient (Wildman–Crippen LogP) is 6.76. The fourth-order valence-corrected chi connectivity index (χ4v) is 5.41. The van der Waals surface area contributed by atoms with Gasteiger partial charge in [-0.1, -0.05) is 65.7 Å². The Hall–Kier alpha value is -4.03. The largest absolute Gasteiger partial charge is 0.490 e. The summed E-state index contributed by atoms with van der Waals surface area (Å²) in [7, 11) is 0. The Bertz CT molecular complexity index is 1520. The van der Waals surface area contributed by atoms with E-state index in [1.54, 1.807) is 19.1 Å². The highest BCUT2D eigenvalue weighted by Gasteiger charge is 2.43. The molecule has 3 aromatic carbocycles. The van der Waals surface area contributed by atoms with Gasteiger partial charge in [0.2, 0.25) is 0 Å². The number of rotatable bonds is 8. The molecule has 1 atom stereocenters. The highest BCUT2D eigenvalue weighted by atomic mass is 35.5. The van der Waals surface area contributed by atoms with Crippen molar-refractivity contribution in [2.24, 2.45) is 0 Å². The number of fused-ring (bicyclic) bond motifs is 2. The van der Waals surface area contributed by atoms with Crippen LogP contribution in [0.4, 0.5) is 0 Å². The third-order valence-electron chi connectivity index (χ3n) is 6.91. The first-order valence-corrected chi connectivity index (χ1v) is 13.4. The van der Waals surface area contributed by atoms with E-state index in [2.05, 4.69) is 5.32 Å². The minimum atomic E-state index is -0.706. The lowest BCUT2D eigenvalue weighted by Crippen LogP contribution is -2.29. The molecule has 0 unspecified atom stereocenters. The van der Waals surface area contributed by atoms with E-state index in [0.29, 0.717) is 63.4 Å². The average molecular weight is 544 g/mol. The second-order valence-corrected chi connectivity index (χ2v) is 9.93. The molecule has 0 fully saturated rings. The maximum atomic E-state index is 13.7. The molecule has 0 amide bonds. The van der Waals surface area contributed by atoms with Gasteiger partial charge >= 0.3 is 5.97 Å². The van der Waals surface area contributed by atoms with Crippen molar-refractivity contribution in [2.45, 2.75) is 40.2 Å². The smallest absolute Gasteiger partial charge is 0.336 e. The molecule has 0 aromatic heterocycles.